The van der Waals surface area contributed by atoms with Crippen LogP contribution in [-0.4, -0.2) is 105 Å². The summed E-state index contributed by atoms with van der Waals surface area (Å²) in [4.78, 5) is 23.7. The number of aliphatic imine (C=N–C) groups is 1. The first-order valence-corrected chi connectivity index (χ1v) is 11.0. The maximum Gasteiger partial charge on any atom is 0.236 e. The topological polar surface area (TPSA) is 69.6 Å². The Hall–Kier alpha value is -1.59. The Kier molecular flexibility index (Phi) is 11.4. The van der Waals surface area contributed by atoms with E-state index in [-0.39, 0.29) is 36.0 Å². The second-order valence-electron chi connectivity index (χ2n) is 7.69. The third-order valence-electron chi connectivity index (χ3n) is 5.31. The summed E-state index contributed by atoms with van der Waals surface area (Å²) in [5.41, 5.74) is 0. The Morgan fingerprint density at radius 3 is 2.42 bits per heavy atom. The molecule has 0 spiro atoms. The molecule has 0 radical (unpaired) electrons. The molecule has 9 heteroatoms. The van der Waals surface area contributed by atoms with Gasteiger partial charge in [0, 0.05) is 45.8 Å². The minimum absolute atomic E-state index is 0. The number of ether oxygens (including phenoxy) is 2. The van der Waals surface area contributed by atoms with E-state index in [4.69, 9.17) is 14.5 Å². The van der Waals surface area contributed by atoms with Crippen LogP contribution in [0.3, 0.4) is 0 Å². The number of guanidine groups is 1. The van der Waals surface area contributed by atoms with Crippen molar-refractivity contribution in [3.05, 3.63) is 30.3 Å². The van der Waals surface area contributed by atoms with Crippen LogP contribution in [0.4, 0.5) is 0 Å². The number of carbonyl (C=O) groups excluding carboxylic acids is 1. The molecule has 31 heavy (non-hydrogen) atoms. The molecule has 1 amide bonds. The minimum atomic E-state index is -0.00603. The molecule has 1 atom stereocenters. The van der Waals surface area contributed by atoms with E-state index < -0.39 is 0 Å². The van der Waals surface area contributed by atoms with Gasteiger partial charge < -0.3 is 24.6 Å². The third-order valence-corrected chi connectivity index (χ3v) is 5.31. The second kappa shape index (κ2) is 13.7. The SMILES string of the molecule is CCNC(=NCC(C)Oc1ccccc1)N1CCN(CC(=O)N2CCOCC2)CC1.I. The molecule has 1 aromatic carbocycles. The maximum absolute atomic E-state index is 12.5. The predicted octanol–water partition coefficient (Wildman–Crippen LogP) is 1.51. The minimum Gasteiger partial charge on any atom is -0.489 e. The zero-order chi connectivity index (χ0) is 21.2. The number of piperazine rings is 1. The summed E-state index contributed by atoms with van der Waals surface area (Å²) in [5.74, 6) is 1.99. The highest BCUT2D eigenvalue weighted by atomic mass is 127. The van der Waals surface area contributed by atoms with Crippen molar-refractivity contribution in [3.63, 3.8) is 0 Å². The van der Waals surface area contributed by atoms with Crippen molar-refractivity contribution in [2.45, 2.75) is 20.0 Å². The standard InChI is InChI=1S/C22H35N5O3.HI/c1-3-23-22(24-17-19(2)30-20-7-5-4-6-8-20)27-11-9-25(10-12-27)18-21(28)26-13-15-29-16-14-26;/h4-8,19H,3,9-18H2,1-2H3,(H,23,24);1H. The monoisotopic (exact) mass is 545 g/mol. The van der Waals surface area contributed by atoms with Crippen LogP contribution in [0, 0.1) is 0 Å². The number of morpholine rings is 1. The Morgan fingerprint density at radius 2 is 1.77 bits per heavy atom. The highest BCUT2D eigenvalue weighted by Gasteiger charge is 2.24. The number of carbonyl (C=O) groups is 1. The lowest BCUT2D eigenvalue weighted by Gasteiger charge is -2.37. The predicted molar refractivity (Wildman–Crippen MR) is 133 cm³/mol. The van der Waals surface area contributed by atoms with Gasteiger partial charge in [0.2, 0.25) is 5.91 Å². The molecule has 0 bridgehead atoms. The number of nitrogens with one attached hydrogen (secondary N) is 1. The summed E-state index contributed by atoms with van der Waals surface area (Å²) in [6.07, 6.45) is -0.00603. The van der Waals surface area contributed by atoms with E-state index in [9.17, 15) is 4.79 Å². The van der Waals surface area contributed by atoms with Crippen LogP contribution >= 0.6 is 24.0 Å². The van der Waals surface area contributed by atoms with Crippen LogP contribution < -0.4 is 10.1 Å². The van der Waals surface area contributed by atoms with E-state index in [2.05, 4.69) is 22.0 Å². The van der Waals surface area contributed by atoms with Crippen LogP contribution in [0.15, 0.2) is 35.3 Å². The molecule has 2 aliphatic heterocycles. The molecule has 2 aliphatic rings. The summed E-state index contributed by atoms with van der Waals surface area (Å²) in [6.45, 7) is 12.2. The highest BCUT2D eigenvalue weighted by Crippen LogP contribution is 2.11. The number of rotatable bonds is 7. The van der Waals surface area contributed by atoms with Gasteiger partial charge >= 0.3 is 0 Å². The lowest BCUT2D eigenvalue weighted by Crippen LogP contribution is -2.55. The van der Waals surface area contributed by atoms with Gasteiger partial charge in [-0.25, -0.2) is 4.99 Å². The van der Waals surface area contributed by atoms with Gasteiger partial charge in [-0.05, 0) is 26.0 Å². The molecule has 0 aliphatic carbocycles. The average Bonchev–Trinajstić information content (AvgIpc) is 2.78. The molecule has 1 aromatic rings. The first-order chi connectivity index (χ1) is 14.7. The molecule has 8 nitrogen and oxygen atoms in total. The first kappa shape index (κ1) is 25.7. The third kappa shape index (κ3) is 8.46. The fraction of sp³-hybridized carbons (Fsp3) is 0.636. The van der Waals surface area contributed by atoms with Crippen molar-refractivity contribution >= 4 is 35.8 Å². The van der Waals surface area contributed by atoms with E-state index in [1.54, 1.807) is 0 Å². The van der Waals surface area contributed by atoms with Crippen molar-refractivity contribution in [1.29, 1.82) is 0 Å². The number of halogens is 1. The molecule has 1 N–H and O–H groups in total. The van der Waals surface area contributed by atoms with Gasteiger partial charge in [-0.2, -0.15) is 0 Å². The van der Waals surface area contributed by atoms with E-state index in [0.717, 1.165) is 44.4 Å². The molecular formula is C22H36IN5O3. The Morgan fingerprint density at radius 1 is 1.10 bits per heavy atom. The van der Waals surface area contributed by atoms with Crippen molar-refractivity contribution in [1.82, 2.24) is 20.0 Å². The lowest BCUT2D eigenvalue weighted by molar-refractivity contribution is -0.136. The van der Waals surface area contributed by atoms with Gasteiger partial charge in [-0.1, -0.05) is 18.2 Å². The molecule has 174 valence electrons. The molecule has 1 unspecified atom stereocenters. The van der Waals surface area contributed by atoms with Crippen molar-refractivity contribution in [2.24, 2.45) is 4.99 Å². The zero-order valence-corrected chi connectivity index (χ0v) is 21.0. The first-order valence-electron chi connectivity index (χ1n) is 11.0. The van der Waals surface area contributed by atoms with Gasteiger partial charge in [0.25, 0.3) is 0 Å². The molecule has 2 fully saturated rings. The van der Waals surface area contributed by atoms with Crippen LogP contribution in [0.2, 0.25) is 0 Å². The number of benzene rings is 1. The summed E-state index contributed by atoms with van der Waals surface area (Å²) in [7, 11) is 0. The zero-order valence-electron chi connectivity index (χ0n) is 18.7. The summed E-state index contributed by atoms with van der Waals surface area (Å²) in [6, 6.07) is 9.84. The van der Waals surface area contributed by atoms with E-state index in [1.165, 1.54) is 0 Å². The summed E-state index contributed by atoms with van der Waals surface area (Å²) < 4.78 is 11.3. The van der Waals surface area contributed by atoms with Gasteiger partial charge in [0.05, 0.1) is 26.3 Å². The number of para-hydroxylation sites is 1. The van der Waals surface area contributed by atoms with Gasteiger partial charge in [-0.15, -0.1) is 24.0 Å². The summed E-state index contributed by atoms with van der Waals surface area (Å²) >= 11 is 0. The molecule has 3 rings (SSSR count). The quantitative estimate of drug-likeness (QED) is 0.319. The number of hydrogen-bond acceptors (Lipinski definition) is 5. The molecule has 2 saturated heterocycles. The molecular weight excluding hydrogens is 509 g/mol. The summed E-state index contributed by atoms with van der Waals surface area (Å²) in [5, 5.41) is 3.39. The fourth-order valence-electron chi connectivity index (χ4n) is 3.63. The van der Waals surface area contributed by atoms with Gasteiger partial charge in [0.1, 0.15) is 11.9 Å². The van der Waals surface area contributed by atoms with Crippen LogP contribution in [0.25, 0.3) is 0 Å². The van der Waals surface area contributed by atoms with Crippen molar-refractivity contribution < 1.29 is 14.3 Å². The Bertz CT molecular complexity index is 677. The molecule has 0 saturated carbocycles. The van der Waals surface area contributed by atoms with E-state index >= 15 is 0 Å². The van der Waals surface area contributed by atoms with Crippen LogP contribution in [0.5, 0.6) is 5.75 Å². The van der Waals surface area contributed by atoms with E-state index in [0.29, 0.717) is 39.4 Å². The Balaban J connectivity index is 0.00000341. The van der Waals surface area contributed by atoms with Crippen molar-refractivity contribution in [2.75, 3.05) is 72.1 Å². The second-order valence-corrected chi connectivity index (χ2v) is 7.69. The Labute approximate surface area is 203 Å². The smallest absolute Gasteiger partial charge is 0.236 e. The number of hydrogen-bond donors (Lipinski definition) is 1. The normalized spacial score (nSPS) is 18.8. The van der Waals surface area contributed by atoms with Crippen LogP contribution in [-0.2, 0) is 9.53 Å². The van der Waals surface area contributed by atoms with E-state index in [1.807, 2.05) is 42.2 Å². The molecule has 0 aromatic heterocycles. The highest BCUT2D eigenvalue weighted by molar-refractivity contribution is 14.0. The molecule has 2 heterocycles. The largest absolute Gasteiger partial charge is 0.489 e. The maximum atomic E-state index is 12.5. The van der Waals surface area contributed by atoms with Gasteiger partial charge in [0.15, 0.2) is 5.96 Å². The number of amides is 1. The number of nitrogens with zero attached hydrogens (tertiary/aromatic N) is 4. The average molecular weight is 545 g/mol. The van der Waals surface area contributed by atoms with Gasteiger partial charge in [-0.3, -0.25) is 9.69 Å². The lowest BCUT2D eigenvalue weighted by atomic mass is 10.3. The fourth-order valence-corrected chi connectivity index (χ4v) is 3.63. The van der Waals surface area contributed by atoms with Crippen molar-refractivity contribution in [3.8, 4) is 5.75 Å². The van der Waals surface area contributed by atoms with Crippen LogP contribution in [0.1, 0.15) is 13.8 Å².